The number of hydrogen-bond acceptors (Lipinski definition) is 2. The molecule has 20 heavy (non-hydrogen) atoms. The number of aryl methyl sites for hydroxylation is 1. The predicted octanol–water partition coefficient (Wildman–Crippen LogP) is 5.77. The molecule has 1 rings (SSSR count). The molecule has 0 spiro atoms. The summed E-state index contributed by atoms with van der Waals surface area (Å²) < 4.78 is 5.76. The van der Waals surface area contributed by atoms with Crippen molar-refractivity contribution in [2.45, 2.75) is 84.6 Å². The van der Waals surface area contributed by atoms with E-state index in [2.05, 4.69) is 31.3 Å². The molecule has 0 radical (unpaired) electrons. The molecule has 0 aliphatic heterocycles. The summed E-state index contributed by atoms with van der Waals surface area (Å²) in [6.07, 6.45) is 12.2. The van der Waals surface area contributed by atoms with Crippen LogP contribution in [0.5, 0.6) is 0 Å². The Morgan fingerprint density at radius 1 is 0.950 bits per heavy atom. The molecule has 0 amide bonds. The van der Waals surface area contributed by atoms with Gasteiger partial charge >= 0.3 is 0 Å². The molecule has 0 saturated heterocycles. The van der Waals surface area contributed by atoms with Crippen molar-refractivity contribution < 1.29 is 4.42 Å². The first kappa shape index (κ1) is 17.3. The van der Waals surface area contributed by atoms with E-state index in [4.69, 9.17) is 4.42 Å². The van der Waals surface area contributed by atoms with Crippen LogP contribution in [-0.4, -0.2) is 6.54 Å². The zero-order chi connectivity index (χ0) is 14.6. The number of furan rings is 1. The van der Waals surface area contributed by atoms with E-state index < -0.39 is 0 Å². The molecule has 0 aliphatic carbocycles. The van der Waals surface area contributed by atoms with Gasteiger partial charge in [0, 0.05) is 0 Å². The van der Waals surface area contributed by atoms with E-state index in [0.29, 0.717) is 6.04 Å². The smallest absolute Gasteiger partial charge is 0.121 e. The molecule has 1 unspecified atom stereocenters. The van der Waals surface area contributed by atoms with Crippen molar-refractivity contribution in [1.29, 1.82) is 0 Å². The fourth-order valence-electron chi connectivity index (χ4n) is 2.71. The number of nitrogens with one attached hydrogen (secondary N) is 1. The fraction of sp³-hybridized carbons (Fsp3) is 0.778. The Balaban J connectivity index is 2.14. The van der Waals surface area contributed by atoms with Crippen LogP contribution >= 0.6 is 0 Å². The Labute approximate surface area is 125 Å². The van der Waals surface area contributed by atoms with Gasteiger partial charge in [-0.25, -0.2) is 0 Å². The second-order valence-electron chi connectivity index (χ2n) is 5.82. The van der Waals surface area contributed by atoms with Crippen molar-refractivity contribution in [3.8, 4) is 0 Å². The van der Waals surface area contributed by atoms with Crippen LogP contribution in [0.4, 0.5) is 0 Å². The predicted molar refractivity (Wildman–Crippen MR) is 87.1 cm³/mol. The van der Waals surface area contributed by atoms with Crippen molar-refractivity contribution >= 4 is 0 Å². The third-order valence-electron chi connectivity index (χ3n) is 3.90. The molecule has 1 heterocycles. The lowest BCUT2D eigenvalue weighted by Gasteiger charge is -2.15. The summed E-state index contributed by atoms with van der Waals surface area (Å²) in [7, 11) is 0. The van der Waals surface area contributed by atoms with Gasteiger partial charge in [-0.3, -0.25) is 0 Å². The Kier molecular flexibility index (Phi) is 9.48. The van der Waals surface area contributed by atoms with E-state index in [9.17, 15) is 0 Å². The minimum absolute atomic E-state index is 0.397. The Morgan fingerprint density at radius 3 is 2.15 bits per heavy atom. The summed E-state index contributed by atoms with van der Waals surface area (Å²) in [6.45, 7) is 7.46. The van der Waals surface area contributed by atoms with E-state index in [-0.39, 0.29) is 0 Å². The van der Waals surface area contributed by atoms with E-state index in [1.165, 1.54) is 57.8 Å². The van der Waals surface area contributed by atoms with Gasteiger partial charge in [-0.15, -0.1) is 0 Å². The molecule has 2 heteroatoms. The van der Waals surface area contributed by atoms with Crippen molar-refractivity contribution in [3.63, 3.8) is 0 Å². The van der Waals surface area contributed by atoms with Crippen LogP contribution in [0, 0.1) is 6.92 Å². The van der Waals surface area contributed by atoms with E-state index in [1.807, 2.05) is 6.92 Å². The SMILES string of the molecule is CCCCCCCCCCC(NCC)c1ccc(C)o1. The molecule has 1 aromatic heterocycles. The number of unbranched alkanes of at least 4 members (excludes halogenated alkanes) is 7. The molecule has 1 atom stereocenters. The monoisotopic (exact) mass is 279 g/mol. The highest BCUT2D eigenvalue weighted by molar-refractivity contribution is 5.09. The van der Waals surface area contributed by atoms with Gasteiger partial charge in [0.05, 0.1) is 6.04 Å². The van der Waals surface area contributed by atoms with E-state index in [1.54, 1.807) is 0 Å². The largest absolute Gasteiger partial charge is 0.465 e. The highest BCUT2D eigenvalue weighted by Gasteiger charge is 2.13. The van der Waals surface area contributed by atoms with Crippen LogP contribution < -0.4 is 5.32 Å². The summed E-state index contributed by atoms with van der Waals surface area (Å²) in [4.78, 5) is 0. The fourth-order valence-corrected chi connectivity index (χ4v) is 2.71. The summed E-state index contributed by atoms with van der Waals surface area (Å²) in [5.41, 5.74) is 0. The second kappa shape index (κ2) is 11.0. The molecule has 116 valence electrons. The van der Waals surface area contributed by atoms with E-state index >= 15 is 0 Å². The topological polar surface area (TPSA) is 25.2 Å². The molecule has 0 saturated carbocycles. The van der Waals surface area contributed by atoms with Crippen LogP contribution in [0.25, 0.3) is 0 Å². The van der Waals surface area contributed by atoms with Gasteiger partial charge in [-0.05, 0) is 32.0 Å². The molecule has 1 aromatic rings. The molecular weight excluding hydrogens is 246 g/mol. The minimum atomic E-state index is 0.397. The van der Waals surface area contributed by atoms with Crippen LogP contribution in [0.3, 0.4) is 0 Å². The van der Waals surface area contributed by atoms with Gasteiger partial charge in [0.25, 0.3) is 0 Å². The van der Waals surface area contributed by atoms with Crippen LogP contribution in [0.15, 0.2) is 16.5 Å². The van der Waals surface area contributed by atoms with Crippen LogP contribution in [-0.2, 0) is 0 Å². The van der Waals surface area contributed by atoms with Crippen LogP contribution in [0.2, 0.25) is 0 Å². The van der Waals surface area contributed by atoms with Crippen molar-refractivity contribution in [2.75, 3.05) is 6.54 Å². The molecule has 0 bridgehead atoms. The highest BCUT2D eigenvalue weighted by Crippen LogP contribution is 2.22. The quantitative estimate of drug-likeness (QED) is 0.491. The number of rotatable bonds is 12. The Hall–Kier alpha value is -0.760. The Bertz CT molecular complexity index is 332. The van der Waals surface area contributed by atoms with Crippen molar-refractivity contribution in [3.05, 3.63) is 23.7 Å². The lowest BCUT2D eigenvalue weighted by molar-refractivity contribution is 0.379. The first-order chi connectivity index (χ1) is 9.77. The van der Waals surface area contributed by atoms with Crippen molar-refractivity contribution in [2.24, 2.45) is 0 Å². The molecule has 2 nitrogen and oxygen atoms in total. The maximum absolute atomic E-state index is 5.76. The molecule has 0 aromatic carbocycles. The summed E-state index contributed by atoms with van der Waals surface area (Å²) in [6, 6.07) is 4.58. The molecule has 0 aliphatic rings. The van der Waals surface area contributed by atoms with Crippen LogP contribution in [0.1, 0.15) is 89.2 Å². The maximum atomic E-state index is 5.76. The molecule has 0 fully saturated rings. The van der Waals surface area contributed by atoms with Crippen molar-refractivity contribution in [1.82, 2.24) is 5.32 Å². The van der Waals surface area contributed by atoms with E-state index in [0.717, 1.165) is 18.1 Å². The third-order valence-corrected chi connectivity index (χ3v) is 3.90. The van der Waals surface area contributed by atoms with Gasteiger partial charge in [-0.2, -0.15) is 0 Å². The third kappa shape index (κ3) is 7.14. The van der Waals surface area contributed by atoms with Gasteiger partial charge in [0.15, 0.2) is 0 Å². The zero-order valence-corrected chi connectivity index (χ0v) is 13.7. The summed E-state index contributed by atoms with van der Waals surface area (Å²) in [5, 5.41) is 3.54. The normalized spacial score (nSPS) is 12.8. The average molecular weight is 279 g/mol. The van der Waals surface area contributed by atoms with Gasteiger partial charge < -0.3 is 9.73 Å². The first-order valence-electron chi connectivity index (χ1n) is 8.57. The van der Waals surface area contributed by atoms with Gasteiger partial charge in [0.1, 0.15) is 11.5 Å². The average Bonchev–Trinajstić information content (AvgIpc) is 2.87. The molecule has 1 N–H and O–H groups in total. The Morgan fingerprint density at radius 2 is 1.60 bits per heavy atom. The van der Waals surface area contributed by atoms with Gasteiger partial charge in [0.2, 0.25) is 0 Å². The lowest BCUT2D eigenvalue weighted by Crippen LogP contribution is -2.20. The molecular formula is C18H33NO. The number of hydrogen-bond donors (Lipinski definition) is 1. The summed E-state index contributed by atoms with van der Waals surface area (Å²) in [5.74, 6) is 2.12. The maximum Gasteiger partial charge on any atom is 0.121 e. The standard InChI is InChI=1S/C18H33NO/c1-4-6-7-8-9-10-11-12-13-17(19-5-2)18-15-14-16(3)20-18/h14-15,17,19H,4-13H2,1-3H3. The second-order valence-corrected chi connectivity index (χ2v) is 5.82. The minimum Gasteiger partial charge on any atom is -0.465 e. The van der Waals surface area contributed by atoms with Gasteiger partial charge in [-0.1, -0.05) is 65.2 Å². The zero-order valence-electron chi connectivity index (χ0n) is 13.7. The summed E-state index contributed by atoms with van der Waals surface area (Å²) >= 11 is 0. The lowest BCUT2D eigenvalue weighted by atomic mass is 10.0. The highest BCUT2D eigenvalue weighted by atomic mass is 16.3. The first-order valence-corrected chi connectivity index (χ1v) is 8.57.